The molecule has 1 nitrogen and oxygen atoms in total. The zero-order valence-corrected chi connectivity index (χ0v) is 17.2. The van der Waals surface area contributed by atoms with Gasteiger partial charge in [-0.05, 0) is 40.7 Å². The van der Waals surface area contributed by atoms with E-state index in [-0.39, 0.29) is 0 Å². The first kappa shape index (κ1) is 18.8. The molecule has 1 unspecified atom stereocenters. The van der Waals surface area contributed by atoms with Crippen molar-refractivity contribution < 1.29 is 4.43 Å². The van der Waals surface area contributed by atoms with Gasteiger partial charge in [0.15, 0.2) is 0 Å². The lowest BCUT2D eigenvalue weighted by Gasteiger charge is -2.42. The number of hydrogen-bond acceptors (Lipinski definition) is 1. The molecule has 1 aromatic carbocycles. The Morgan fingerprint density at radius 2 is 1.33 bits per heavy atom. The molecule has 1 atom stereocenters. The van der Waals surface area contributed by atoms with Gasteiger partial charge in [-0.15, -0.1) is 0 Å². The molecule has 0 heterocycles. The number of alkyl halides is 1. The highest BCUT2D eigenvalue weighted by molar-refractivity contribution is 9.09. The molecule has 21 heavy (non-hydrogen) atoms. The fraction of sp³-hybridized carbons (Fsp3) is 0.667. The molecule has 0 aromatic heterocycles. The van der Waals surface area contributed by atoms with E-state index in [1.807, 2.05) is 0 Å². The SMILES string of the molecule is CCC(Br)c1ccc(O[Si](C(C)C)(C(C)C)C(C)C)cc1. The lowest BCUT2D eigenvalue weighted by atomic mass is 10.1. The molecule has 0 spiro atoms. The Balaban J connectivity index is 3.04. The Kier molecular flexibility index (Phi) is 6.99. The van der Waals surface area contributed by atoms with Crippen molar-refractivity contribution in [1.82, 2.24) is 0 Å². The third kappa shape index (κ3) is 4.13. The van der Waals surface area contributed by atoms with Gasteiger partial charge in [0, 0.05) is 4.83 Å². The van der Waals surface area contributed by atoms with Gasteiger partial charge in [0.25, 0.3) is 8.32 Å². The van der Waals surface area contributed by atoms with E-state index in [4.69, 9.17) is 4.43 Å². The van der Waals surface area contributed by atoms with Crippen LogP contribution in [0.2, 0.25) is 16.6 Å². The van der Waals surface area contributed by atoms with Crippen molar-refractivity contribution in [3.63, 3.8) is 0 Å². The molecular weight excluding hydrogens is 340 g/mol. The molecule has 3 heteroatoms. The van der Waals surface area contributed by atoms with Gasteiger partial charge in [0.1, 0.15) is 5.75 Å². The molecule has 0 saturated heterocycles. The summed E-state index contributed by atoms with van der Waals surface area (Å²) in [6.07, 6.45) is 1.10. The largest absolute Gasteiger partial charge is 0.543 e. The predicted octanol–water partition coefficient (Wildman–Crippen LogP) is 7.09. The number of hydrogen-bond donors (Lipinski definition) is 0. The van der Waals surface area contributed by atoms with Crippen LogP contribution in [-0.2, 0) is 0 Å². The predicted molar refractivity (Wildman–Crippen MR) is 100 cm³/mol. The van der Waals surface area contributed by atoms with E-state index in [9.17, 15) is 0 Å². The van der Waals surface area contributed by atoms with Gasteiger partial charge < -0.3 is 4.43 Å². The normalized spacial score (nSPS) is 14.0. The Hall–Kier alpha value is -0.283. The average Bonchev–Trinajstić information content (AvgIpc) is 2.43. The average molecular weight is 371 g/mol. The fourth-order valence-corrected chi connectivity index (χ4v) is 9.09. The maximum Gasteiger partial charge on any atom is 0.258 e. The third-order valence-corrected chi connectivity index (χ3v) is 11.8. The van der Waals surface area contributed by atoms with Crippen molar-refractivity contribution in [2.75, 3.05) is 0 Å². The molecule has 120 valence electrons. The van der Waals surface area contributed by atoms with Gasteiger partial charge in [-0.3, -0.25) is 0 Å². The van der Waals surface area contributed by atoms with Crippen LogP contribution in [0.4, 0.5) is 0 Å². The highest BCUT2D eigenvalue weighted by Gasteiger charge is 2.46. The lowest BCUT2D eigenvalue weighted by molar-refractivity contribution is 0.479. The van der Waals surface area contributed by atoms with Crippen LogP contribution in [0, 0.1) is 0 Å². The number of halogens is 1. The molecule has 0 amide bonds. The first-order valence-electron chi connectivity index (χ1n) is 8.18. The van der Waals surface area contributed by atoms with E-state index in [0.717, 1.165) is 12.2 Å². The number of benzene rings is 1. The maximum absolute atomic E-state index is 6.68. The summed E-state index contributed by atoms with van der Waals surface area (Å²) in [6, 6.07) is 8.68. The Labute approximate surface area is 140 Å². The van der Waals surface area contributed by atoms with Crippen LogP contribution >= 0.6 is 15.9 Å². The van der Waals surface area contributed by atoms with Crippen LogP contribution < -0.4 is 4.43 Å². The summed E-state index contributed by atoms with van der Waals surface area (Å²) in [4.78, 5) is 0.439. The molecule has 0 radical (unpaired) electrons. The standard InChI is InChI=1S/C18H31BrOSi/c1-8-18(19)16-9-11-17(12-10-16)20-21(13(2)3,14(4)5)15(6)7/h9-15,18H,8H2,1-7H3. The van der Waals surface area contributed by atoms with Gasteiger partial charge in [0.2, 0.25) is 0 Å². The van der Waals surface area contributed by atoms with Crippen molar-refractivity contribution in [2.45, 2.75) is 76.3 Å². The molecule has 1 rings (SSSR count). The first-order chi connectivity index (χ1) is 9.75. The van der Waals surface area contributed by atoms with Crippen LogP contribution in [0.25, 0.3) is 0 Å². The lowest BCUT2D eigenvalue weighted by Crippen LogP contribution is -2.50. The van der Waals surface area contributed by atoms with Crippen LogP contribution in [0.3, 0.4) is 0 Å². The summed E-state index contributed by atoms with van der Waals surface area (Å²) >= 11 is 3.71. The van der Waals surface area contributed by atoms with Crippen LogP contribution in [0.5, 0.6) is 5.75 Å². The molecular formula is C18H31BrOSi. The summed E-state index contributed by atoms with van der Waals surface area (Å²) in [5.74, 6) is 1.04. The van der Waals surface area contributed by atoms with Crippen molar-refractivity contribution in [3.8, 4) is 5.75 Å². The molecule has 0 N–H and O–H groups in total. The maximum atomic E-state index is 6.68. The molecule has 0 bridgehead atoms. The highest BCUT2D eigenvalue weighted by atomic mass is 79.9. The summed E-state index contributed by atoms with van der Waals surface area (Å²) < 4.78 is 6.68. The molecule has 0 aliphatic heterocycles. The second-order valence-corrected chi connectivity index (χ2v) is 13.3. The zero-order valence-electron chi connectivity index (χ0n) is 14.6. The minimum absolute atomic E-state index is 0.439. The van der Waals surface area contributed by atoms with E-state index in [2.05, 4.69) is 88.7 Å². The smallest absolute Gasteiger partial charge is 0.258 e. The Morgan fingerprint density at radius 1 is 0.905 bits per heavy atom. The second kappa shape index (κ2) is 7.82. The Morgan fingerprint density at radius 3 is 1.67 bits per heavy atom. The van der Waals surface area contributed by atoms with Gasteiger partial charge in [0.05, 0.1) is 0 Å². The molecule has 0 fully saturated rings. The van der Waals surface area contributed by atoms with Crippen LogP contribution in [0.15, 0.2) is 24.3 Å². The monoisotopic (exact) mass is 370 g/mol. The second-order valence-electron chi connectivity index (χ2n) is 6.86. The van der Waals surface area contributed by atoms with Crippen LogP contribution in [-0.4, -0.2) is 8.32 Å². The quantitative estimate of drug-likeness (QED) is 0.367. The fourth-order valence-electron chi connectivity index (χ4n) is 3.54. The van der Waals surface area contributed by atoms with Crippen molar-refractivity contribution >= 4 is 24.2 Å². The minimum Gasteiger partial charge on any atom is -0.543 e. The summed E-state index contributed by atoms with van der Waals surface area (Å²) in [7, 11) is -1.83. The van der Waals surface area contributed by atoms with E-state index in [1.54, 1.807) is 0 Å². The van der Waals surface area contributed by atoms with Gasteiger partial charge >= 0.3 is 0 Å². The zero-order chi connectivity index (χ0) is 16.2. The van der Waals surface area contributed by atoms with E-state index in [1.165, 1.54) is 5.56 Å². The van der Waals surface area contributed by atoms with E-state index >= 15 is 0 Å². The topological polar surface area (TPSA) is 9.23 Å². The highest BCUT2D eigenvalue weighted by Crippen LogP contribution is 2.42. The van der Waals surface area contributed by atoms with Crippen molar-refractivity contribution in [1.29, 1.82) is 0 Å². The van der Waals surface area contributed by atoms with Gasteiger partial charge in [-0.25, -0.2) is 0 Å². The van der Waals surface area contributed by atoms with E-state index < -0.39 is 8.32 Å². The Bertz CT molecular complexity index is 404. The molecule has 0 aliphatic carbocycles. The van der Waals surface area contributed by atoms with Crippen molar-refractivity contribution in [2.24, 2.45) is 0 Å². The molecule has 0 saturated carbocycles. The molecule has 0 aliphatic rings. The third-order valence-electron chi connectivity index (χ3n) is 4.60. The summed E-state index contributed by atoms with van der Waals surface area (Å²) in [5, 5.41) is 0. The van der Waals surface area contributed by atoms with Crippen LogP contribution in [0.1, 0.15) is 65.3 Å². The summed E-state index contributed by atoms with van der Waals surface area (Å²) in [5.41, 5.74) is 3.15. The van der Waals surface area contributed by atoms with Gasteiger partial charge in [-0.1, -0.05) is 76.5 Å². The minimum atomic E-state index is -1.83. The van der Waals surface area contributed by atoms with Gasteiger partial charge in [-0.2, -0.15) is 0 Å². The molecule has 1 aromatic rings. The van der Waals surface area contributed by atoms with E-state index in [0.29, 0.717) is 21.5 Å². The number of rotatable bonds is 7. The summed E-state index contributed by atoms with van der Waals surface area (Å²) in [6.45, 7) is 16.1. The van der Waals surface area contributed by atoms with Crippen molar-refractivity contribution in [3.05, 3.63) is 29.8 Å². The first-order valence-corrected chi connectivity index (χ1v) is 11.2.